The lowest BCUT2D eigenvalue weighted by molar-refractivity contribution is 0.309. The third-order valence-corrected chi connectivity index (χ3v) is 6.39. The zero-order valence-electron chi connectivity index (χ0n) is 16.7. The molecule has 9 nitrogen and oxygen atoms in total. The summed E-state index contributed by atoms with van der Waals surface area (Å²) < 4.78 is 7.67. The fraction of sp³-hybridized carbons (Fsp3) is 0.333. The summed E-state index contributed by atoms with van der Waals surface area (Å²) in [5.74, 6) is 3.15. The van der Waals surface area contributed by atoms with E-state index in [0.29, 0.717) is 29.6 Å². The molecule has 0 radical (unpaired) electrons. The lowest BCUT2D eigenvalue weighted by Gasteiger charge is -2.24. The van der Waals surface area contributed by atoms with E-state index in [4.69, 9.17) is 16.0 Å². The summed E-state index contributed by atoms with van der Waals surface area (Å²) >= 11 is 6.02. The molecular weight excluding hydrogens is 416 g/mol. The third-order valence-electron chi connectivity index (χ3n) is 6.14. The SMILES string of the molecule is Clc1ccc(CN2CC3CCN(c4ccc(Nc5ncnc6ncnn56)o4)C3C2)cc1. The van der Waals surface area contributed by atoms with Crippen LogP contribution in [0.25, 0.3) is 5.78 Å². The predicted molar refractivity (Wildman–Crippen MR) is 117 cm³/mol. The lowest BCUT2D eigenvalue weighted by Crippen LogP contribution is -2.34. The number of furan rings is 1. The van der Waals surface area contributed by atoms with Crippen molar-refractivity contribution in [2.45, 2.75) is 19.0 Å². The molecule has 4 aromatic rings. The van der Waals surface area contributed by atoms with Gasteiger partial charge in [-0.05, 0) is 30.0 Å². The van der Waals surface area contributed by atoms with Gasteiger partial charge in [0.1, 0.15) is 12.7 Å². The van der Waals surface area contributed by atoms with E-state index in [1.807, 2.05) is 24.3 Å². The molecule has 5 heterocycles. The van der Waals surface area contributed by atoms with Crippen molar-refractivity contribution in [3.05, 3.63) is 59.6 Å². The number of hydrogen-bond donors (Lipinski definition) is 1. The highest BCUT2D eigenvalue weighted by atomic mass is 35.5. The lowest BCUT2D eigenvalue weighted by atomic mass is 10.1. The number of benzene rings is 1. The van der Waals surface area contributed by atoms with Gasteiger partial charge in [0, 0.05) is 49.4 Å². The highest BCUT2D eigenvalue weighted by molar-refractivity contribution is 6.30. The van der Waals surface area contributed by atoms with Crippen LogP contribution in [0.5, 0.6) is 0 Å². The highest BCUT2D eigenvalue weighted by Crippen LogP contribution is 2.37. The molecule has 0 amide bonds. The summed E-state index contributed by atoms with van der Waals surface area (Å²) in [7, 11) is 0. The van der Waals surface area contributed by atoms with Crippen molar-refractivity contribution in [2.24, 2.45) is 5.92 Å². The van der Waals surface area contributed by atoms with E-state index in [9.17, 15) is 0 Å². The van der Waals surface area contributed by atoms with Gasteiger partial charge in [-0.3, -0.25) is 10.2 Å². The van der Waals surface area contributed by atoms with Crippen LogP contribution >= 0.6 is 11.6 Å². The smallest absolute Gasteiger partial charge is 0.256 e. The minimum atomic E-state index is 0.465. The molecule has 0 aliphatic carbocycles. The second-order valence-corrected chi connectivity index (χ2v) is 8.50. The van der Waals surface area contributed by atoms with Gasteiger partial charge in [0.05, 0.1) is 0 Å². The number of likely N-dealkylation sites (tertiary alicyclic amines) is 1. The zero-order valence-corrected chi connectivity index (χ0v) is 17.5. The van der Waals surface area contributed by atoms with Gasteiger partial charge in [-0.15, -0.1) is 0 Å². The van der Waals surface area contributed by atoms with Crippen LogP contribution in [0.3, 0.4) is 0 Å². The molecule has 3 aromatic heterocycles. The van der Waals surface area contributed by atoms with Crippen molar-refractivity contribution in [1.29, 1.82) is 0 Å². The maximum Gasteiger partial charge on any atom is 0.256 e. The van der Waals surface area contributed by atoms with Gasteiger partial charge < -0.3 is 9.32 Å². The molecule has 2 unspecified atom stereocenters. The van der Waals surface area contributed by atoms with Gasteiger partial charge in [0.25, 0.3) is 5.78 Å². The third kappa shape index (κ3) is 3.49. The quantitative estimate of drug-likeness (QED) is 0.510. The van der Waals surface area contributed by atoms with Gasteiger partial charge in [-0.2, -0.15) is 19.6 Å². The minimum Gasteiger partial charge on any atom is -0.425 e. The van der Waals surface area contributed by atoms with E-state index in [2.05, 4.69) is 47.3 Å². The summed E-state index contributed by atoms with van der Waals surface area (Å²) in [4.78, 5) is 17.3. The maximum absolute atomic E-state index is 6.13. The van der Waals surface area contributed by atoms with Gasteiger partial charge >= 0.3 is 0 Å². The molecule has 10 heteroatoms. The second-order valence-electron chi connectivity index (χ2n) is 8.06. The van der Waals surface area contributed by atoms with Crippen molar-refractivity contribution >= 4 is 35.1 Å². The Balaban J connectivity index is 1.15. The van der Waals surface area contributed by atoms with Crippen molar-refractivity contribution in [2.75, 3.05) is 29.9 Å². The number of nitrogens with zero attached hydrogens (tertiary/aromatic N) is 7. The van der Waals surface area contributed by atoms with E-state index in [1.165, 1.54) is 24.6 Å². The number of nitrogens with one attached hydrogen (secondary N) is 1. The molecule has 0 saturated carbocycles. The van der Waals surface area contributed by atoms with E-state index < -0.39 is 0 Å². The van der Waals surface area contributed by atoms with Crippen LogP contribution in [-0.2, 0) is 6.54 Å². The number of aromatic nitrogens is 5. The normalized spacial score (nSPS) is 21.1. The monoisotopic (exact) mass is 436 g/mol. The molecule has 2 fully saturated rings. The number of anilines is 3. The van der Waals surface area contributed by atoms with Crippen LogP contribution < -0.4 is 10.2 Å². The molecule has 2 aliphatic rings. The Hall–Kier alpha value is -3.17. The van der Waals surface area contributed by atoms with Crippen molar-refractivity contribution in [3.63, 3.8) is 0 Å². The average molecular weight is 437 g/mol. The van der Waals surface area contributed by atoms with Crippen LogP contribution in [0.15, 0.2) is 53.5 Å². The van der Waals surface area contributed by atoms with Crippen molar-refractivity contribution in [3.8, 4) is 0 Å². The van der Waals surface area contributed by atoms with Crippen LogP contribution in [-0.4, -0.2) is 55.1 Å². The molecular formula is C21H21ClN8O. The van der Waals surface area contributed by atoms with Crippen LogP contribution in [0.1, 0.15) is 12.0 Å². The zero-order chi connectivity index (χ0) is 20.8. The Bertz CT molecular complexity index is 1210. The maximum atomic E-state index is 6.13. The molecule has 0 spiro atoms. The summed E-state index contributed by atoms with van der Waals surface area (Å²) in [6, 6.07) is 12.5. The molecule has 31 heavy (non-hydrogen) atoms. The number of fused-ring (bicyclic) bond motifs is 2. The predicted octanol–water partition coefficient (Wildman–Crippen LogP) is 3.22. The average Bonchev–Trinajstić information content (AvgIpc) is 3.54. The molecule has 6 rings (SSSR count). The Morgan fingerprint density at radius 3 is 2.81 bits per heavy atom. The summed E-state index contributed by atoms with van der Waals surface area (Å²) in [5.41, 5.74) is 1.30. The fourth-order valence-corrected chi connectivity index (χ4v) is 4.83. The first-order valence-corrected chi connectivity index (χ1v) is 10.7. The summed E-state index contributed by atoms with van der Waals surface area (Å²) in [6.07, 6.45) is 4.08. The Morgan fingerprint density at radius 1 is 1.03 bits per heavy atom. The Morgan fingerprint density at radius 2 is 1.90 bits per heavy atom. The van der Waals surface area contributed by atoms with Crippen LogP contribution in [0.2, 0.25) is 5.02 Å². The number of halogens is 1. The first-order chi connectivity index (χ1) is 15.2. The molecule has 2 atom stereocenters. The van der Waals surface area contributed by atoms with E-state index >= 15 is 0 Å². The second kappa shape index (κ2) is 7.51. The molecule has 1 N–H and O–H groups in total. The Kier molecular flexibility index (Phi) is 4.50. The molecule has 1 aromatic carbocycles. The molecule has 2 saturated heterocycles. The van der Waals surface area contributed by atoms with Crippen LogP contribution in [0, 0.1) is 5.92 Å². The summed E-state index contributed by atoms with van der Waals surface area (Å²) in [6.45, 7) is 4.10. The first kappa shape index (κ1) is 18.6. The standard InChI is InChI=1S/C21H21ClN8O/c22-16-3-1-14(2-4-16)9-28-10-15-7-8-29(17(15)11-28)19-6-5-18(31-19)27-21-24-12-23-20-25-13-26-30(20)21/h1-6,12-13,15,17H,7-11H2,(H,23,24,25,26,27). The number of rotatable bonds is 5. The molecule has 158 valence electrons. The fourth-order valence-electron chi connectivity index (χ4n) is 4.71. The van der Waals surface area contributed by atoms with Gasteiger partial charge in [0.2, 0.25) is 11.8 Å². The largest absolute Gasteiger partial charge is 0.425 e. The highest BCUT2D eigenvalue weighted by Gasteiger charge is 2.42. The first-order valence-electron chi connectivity index (χ1n) is 10.3. The molecule has 2 aliphatic heterocycles. The summed E-state index contributed by atoms with van der Waals surface area (Å²) in [5, 5.41) is 8.10. The Labute approximate surface area is 183 Å². The van der Waals surface area contributed by atoms with Crippen molar-refractivity contribution < 1.29 is 4.42 Å². The van der Waals surface area contributed by atoms with E-state index in [1.54, 1.807) is 4.52 Å². The van der Waals surface area contributed by atoms with E-state index in [0.717, 1.165) is 37.1 Å². The molecule has 0 bridgehead atoms. The van der Waals surface area contributed by atoms with Crippen molar-refractivity contribution in [1.82, 2.24) is 29.5 Å². The number of hydrogen-bond acceptors (Lipinski definition) is 8. The van der Waals surface area contributed by atoms with Crippen LogP contribution in [0.4, 0.5) is 17.7 Å². The van der Waals surface area contributed by atoms with Gasteiger partial charge in [-0.25, -0.2) is 4.98 Å². The minimum absolute atomic E-state index is 0.465. The van der Waals surface area contributed by atoms with Gasteiger partial charge in [0.15, 0.2) is 5.88 Å². The topological polar surface area (TPSA) is 87.6 Å². The van der Waals surface area contributed by atoms with Gasteiger partial charge in [-0.1, -0.05) is 23.7 Å². The van der Waals surface area contributed by atoms with E-state index in [-0.39, 0.29) is 0 Å².